The molecule has 0 spiro atoms. The second-order valence-electron chi connectivity index (χ2n) is 5.58. The first-order valence-corrected chi connectivity index (χ1v) is 9.48. The first-order chi connectivity index (χ1) is 10.6. The van der Waals surface area contributed by atoms with E-state index >= 15 is 0 Å². The van der Waals surface area contributed by atoms with Crippen LogP contribution in [-0.2, 0) is 23.0 Å². The molecule has 22 heavy (non-hydrogen) atoms. The maximum atomic E-state index is 11.6. The smallest absolute Gasteiger partial charge is 0.212 e. The molecular formula is C17H24N2O2S. The molecule has 0 fully saturated rings. The van der Waals surface area contributed by atoms with Crippen LogP contribution in [0.4, 0.5) is 0 Å². The zero-order valence-corrected chi connectivity index (χ0v) is 14.0. The summed E-state index contributed by atoms with van der Waals surface area (Å²) < 4.78 is 25.7. The lowest BCUT2D eigenvalue weighted by atomic mass is 10.0. The summed E-state index contributed by atoms with van der Waals surface area (Å²) in [6.07, 6.45) is 2.63. The summed E-state index contributed by atoms with van der Waals surface area (Å²) >= 11 is 0. The number of nitrogens with one attached hydrogen (secondary N) is 1. The second kappa shape index (κ2) is 8.33. The molecule has 1 aliphatic rings. The molecule has 0 aromatic heterocycles. The van der Waals surface area contributed by atoms with Crippen molar-refractivity contribution in [1.29, 1.82) is 0 Å². The fraction of sp³-hybridized carbons (Fsp3) is 0.529. The minimum atomic E-state index is -3.16. The SMILES string of the molecule is CCCCS(=O)(=O)NCC#CCN1CCc2ccccc2C1. The van der Waals surface area contributed by atoms with Crippen LogP contribution < -0.4 is 4.72 Å². The van der Waals surface area contributed by atoms with Crippen LogP contribution in [0, 0.1) is 11.8 Å². The molecule has 1 aromatic rings. The Morgan fingerprint density at radius 1 is 1.23 bits per heavy atom. The van der Waals surface area contributed by atoms with Gasteiger partial charge in [-0.05, 0) is 24.0 Å². The van der Waals surface area contributed by atoms with Gasteiger partial charge in [-0.15, -0.1) is 0 Å². The lowest BCUT2D eigenvalue weighted by molar-refractivity contribution is 0.286. The molecule has 0 radical (unpaired) electrons. The molecule has 1 heterocycles. The summed E-state index contributed by atoms with van der Waals surface area (Å²) in [7, 11) is -3.16. The number of sulfonamides is 1. The van der Waals surface area contributed by atoms with Gasteiger partial charge in [0.1, 0.15) is 0 Å². The highest BCUT2D eigenvalue weighted by molar-refractivity contribution is 7.89. The van der Waals surface area contributed by atoms with E-state index < -0.39 is 10.0 Å². The molecule has 0 amide bonds. The van der Waals surface area contributed by atoms with Crippen LogP contribution in [-0.4, -0.2) is 38.7 Å². The monoisotopic (exact) mass is 320 g/mol. The van der Waals surface area contributed by atoms with Crippen molar-refractivity contribution in [2.75, 3.05) is 25.4 Å². The molecule has 2 rings (SSSR count). The van der Waals surface area contributed by atoms with E-state index in [1.54, 1.807) is 0 Å². The van der Waals surface area contributed by atoms with Gasteiger partial charge in [0.15, 0.2) is 0 Å². The largest absolute Gasteiger partial charge is 0.288 e. The van der Waals surface area contributed by atoms with Crippen LogP contribution in [0.2, 0.25) is 0 Å². The molecule has 120 valence electrons. The van der Waals surface area contributed by atoms with E-state index in [2.05, 4.69) is 45.7 Å². The van der Waals surface area contributed by atoms with Gasteiger partial charge < -0.3 is 0 Å². The van der Waals surface area contributed by atoms with Gasteiger partial charge in [-0.3, -0.25) is 4.90 Å². The summed E-state index contributed by atoms with van der Waals surface area (Å²) in [5, 5.41) is 0. The van der Waals surface area contributed by atoms with Crippen LogP contribution in [0.1, 0.15) is 30.9 Å². The Kier molecular flexibility index (Phi) is 6.44. The summed E-state index contributed by atoms with van der Waals surface area (Å²) in [6, 6.07) is 8.50. The van der Waals surface area contributed by atoms with E-state index in [0.717, 1.165) is 25.9 Å². The molecular weight excluding hydrogens is 296 g/mol. The topological polar surface area (TPSA) is 49.4 Å². The average molecular weight is 320 g/mol. The Balaban J connectivity index is 1.74. The molecule has 0 atom stereocenters. The first kappa shape index (κ1) is 17.0. The van der Waals surface area contributed by atoms with Gasteiger partial charge in [0.25, 0.3) is 0 Å². The Morgan fingerprint density at radius 3 is 2.77 bits per heavy atom. The van der Waals surface area contributed by atoms with Crippen molar-refractivity contribution in [3.05, 3.63) is 35.4 Å². The van der Waals surface area contributed by atoms with Crippen molar-refractivity contribution in [2.24, 2.45) is 0 Å². The van der Waals surface area contributed by atoms with Crippen molar-refractivity contribution in [3.8, 4) is 11.8 Å². The fourth-order valence-electron chi connectivity index (χ4n) is 2.47. The summed E-state index contributed by atoms with van der Waals surface area (Å²) in [5.74, 6) is 6.16. The number of nitrogens with zero attached hydrogens (tertiary/aromatic N) is 1. The van der Waals surface area contributed by atoms with Crippen LogP contribution in [0.25, 0.3) is 0 Å². The maximum Gasteiger partial charge on any atom is 0.212 e. The fourth-order valence-corrected chi connectivity index (χ4v) is 3.58. The predicted octanol–water partition coefficient (Wildman–Crippen LogP) is 1.77. The summed E-state index contributed by atoms with van der Waals surface area (Å²) in [4.78, 5) is 2.29. The van der Waals surface area contributed by atoms with Crippen molar-refractivity contribution in [3.63, 3.8) is 0 Å². The standard InChI is InChI=1S/C17H24N2O2S/c1-2-3-14-22(20,21)18-11-6-7-12-19-13-10-16-8-4-5-9-17(16)15-19/h4-5,8-9,18H,2-3,10-15H2,1H3. The van der Waals surface area contributed by atoms with Crippen molar-refractivity contribution in [1.82, 2.24) is 9.62 Å². The third-order valence-electron chi connectivity index (χ3n) is 3.78. The Morgan fingerprint density at radius 2 is 2.00 bits per heavy atom. The third-order valence-corrected chi connectivity index (χ3v) is 5.19. The number of rotatable bonds is 6. The normalized spacial score (nSPS) is 15.0. The van der Waals surface area contributed by atoms with E-state index in [9.17, 15) is 8.42 Å². The molecule has 0 saturated heterocycles. The van der Waals surface area contributed by atoms with Crippen LogP contribution in [0.3, 0.4) is 0 Å². The zero-order valence-electron chi connectivity index (χ0n) is 13.1. The summed E-state index contributed by atoms with van der Waals surface area (Å²) in [5.41, 5.74) is 2.80. The van der Waals surface area contributed by atoms with Crippen molar-refractivity contribution >= 4 is 10.0 Å². The lowest BCUT2D eigenvalue weighted by Gasteiger charge is -2.26. The highest BCUT2D eigenvalue weighted by atomic mass is 32.2. The van der Waals surface area contributed by atoms with Gasteiger partial charge >= 0.3 is 0 Å². The minimum Gasteiger partial charge on any atom is -0.288 e. The van der Waals surface area contributed by atoms with Gasteiger partial charge in [0.05, 0.1) is 18.8 Å². The highest BCUT2D eigenvalue weighted by Crippen LogP contribution is 2.17. The van der Waals surface area contributed by atoms with Gasteiger partial charge in [0, 0.05) is 13.1 Å². The zero-order chi connectivity index (χ0) is 15.8. The number of hydrogen-bond donors (Lipinski definition) is 1. The van der Waals surface area contributed by atoms with Gasteiger partial charge in [-0.2, -0.15) is 0 Å². The first-order valence-electron chi connectivity index (χ1n) is 7.83. The highest BCUT2D eigenvalue weighted by Gasteiger charge is 2.14. The Labute approximate surface area is 134 Å². The number of benzene rings is 1. The molecule has 0 aliphatic carbocycles. The van der Waals surface area contributed by atoms with Crippen LogP contribution >= 0.6 is 0 Å². The van der Waals surface area contributed by atoms with Gasteiger partial charge in [-0.1, -0.05) is 49.5 Å². The Bertz CT molecular complexity index is 644. The molecule has 5 heteroatoms. The predicted molar refractivity (Wildman–Crippen MR) is 89.9 cm³/mol. The third kappa shape index (κ3) is 5.45. The van der Waals surface area contributed by atoms with Crippen LogP contribution in [0.15, 0.2) is 24.3 Å². The van der Waals surface area contributed by atoms with Crippen molar-refractivity contribution in [2.45, 2.75) is 32.7 Å². The minimum absolute atomic E-state index is 0.189. The van der Waals surface area contributed by atoms with Gasteiger partial charge in [-0.25, -0.2) is 13.1 Å². The molecule has 1 N–H and O–H groups in total. The quantitative estimate of drug-likeness (QED) is 0.813. The van der Waals surface area contributed by atoms with E-state index in [0.29, 0.717) is 13.0 Å². The number of hydrogen-bond acceptors (Lipinski definition) is 3. The second-order valence-corrected chi connectivity index (χ2v) is 7.50. The lowest BCUT2D eigenvalue weighted by Crippen LogP contribution is -2.31. The Hall–Kier alpha value is -1.35. The molecule has 1 aliphatic heterocycles. The average Bonchev–Trinajstić information content (AvgIpc) is 2.52. The van der Waals surface area contributed by atoms with E-state index in [4.69, 9.17) is 0 Å². The van der Waals surface area contributed by atoms with E-state index in [-0.39, 0.29) is 12.3 Å². The van der Waals surface area contributed by atoms with E-state index in [1.165, 1.54) is 11.1 Å². The van der Waals surface area contributed by atoms with Crippen molar-refractivity contribution < 1.29 is 8.42 Å². The number of fused-ring (bicyclic) bond motifs is 1. The molecule has 0 bridgehead atoms. The van der Waals surface area contributed by atoms with Gasteiger partial charge in [0.2, 0.25) is 10.0 Å². The van der Waals surface area contributed by atoms with E-state index in [1.807, 2.05) is 6.92 Å². The molecule has 0 saturated carbocycles. The molecule has 0 unspecified atom stereocenters. The van der Waals surface area contributed by atoms with Crippen LogP contribution in [0.5, 0.6) is 0 Å². The number of unbranched alkanes of at least 4 members (excludes halogenated alkanes) is 1. The summed E-state index contributed by atoms with van der Waals surface area (Å²) in [6.45, 7) is 4.80. The molecule has 1 aromatic carbocycles. The molecule has 4 nitrogen and oxygen atoms in total. The maximum absolute atomic E-state index is 11.6.